The van der Waals surface area contributed by atoms with Crippen molar-refractivity contribution >= 4 is 5.69 Å². The van der Waals surface area contributed by atoms with Crippen molar-refractivity contribution in [1.29, 1.82) is 0 Å². The molecule has 1 aromatic carbocycles. The summed E-state index contributed by atoms with van der Waals surface area (Å²) in [5, 5.41) is 3.38. The Labute approximate surface area is 143 Å². The van der Waals surface area contributed by atoms with E-state index in [1.807, 2.05) is 38.1 Å². The number of furan rings is 1. The first-order valence-corrected chi connectivity index (χ1v) is 8.54. The van der Waals surface area contributed by atoms with E-state index in [1.54, 1.807) is 6.07 Å². The van der Waals surface area contributed by atoms with E-state index in [1.165, 1.54) is 0 Å². The van der Waals surface area contributed by atoms with E-state index in [9.17, 15) is 4.39 Å². The number of rotatable bonds is 5. The van der Waals surface area contributed by atoms with E-state index >= 15 is 0 Å². The molecular weight excluding hydrogens is 305 g/mol. The third kappa shape index (κ3) is 3.97. The van der Waals surface area contributed by atoms with Crippen molar-refractivity contribution in [1.82, 2.24) is 10.2 Å². The summed E-state index contributed by atoms with van der Waals surface area (Å²) in [6.45, 7) is 8.30. The number of piperazine rings is 1. The van der Waals surface area contributed by atoms with Gasteiger partial charge in [0.2, 0.25) is 0 Å². The Morgan fingerprint density at radius 3 is 2.54 bits per heavy atom. The largest absolute Gasteiger partial charge is 0.465 e. The van der Waals surface area contributed by atoms with Crippen LogP contribution >= 0.6 is 0 Å². The number of halogens is 1. The number of nitrogens with one attached hydrogen (secondary N) is 1. The zero-order valence-corrected chi connectivity index (χ0v) is 14.7. The van der Waals surface area contributed by atoms with Crippen molar-refractivity contribution in [2.45, 2.75) is 26.4 Å². The molecule has 1 atom stereocenters. The molecule has 5 heteroatoms. The third-order valence-electron chi connectivity index (χ3n) is 4.69. The van der Waals surface area contributed by atoms with Gasteiger partial charge in [-0.25, -0.2) is 4.39 Å². The number of hydrogen-bond acceptors (Lipinski definition) is 4. The highest BCUT2D eigenvalue weighted by Gasteiger charge is 2.18. The first-order chi connectivity index (χ1) is 11.5. The van der Waals surface area contributed by atoms with Crippen LogP contribution in [0.4, 0.5) is 10.1 Å². The maximum atomic E-state index is 14.6. The fourth-order valence-corrected chi connectivity index (χ4v) is 3.05. The van der Waals surface area contributed by atoms with E-state index < -0.39 is 0 Å². The summed E-state index contributed by atoms with van der Waals surface area (Å²) in [6.07, 6.45) is 0. The summed E-state index contributed by atoms with van der Waals surface area (Å²) in [5.74, 6) is 1.66. The first kappa shape index (κ1) is 17.0. The van der Waals surface area contributed by atoms with Crippen molar-refractivity contribution < 1.29 is 8.81 Å². The average Bonchev–Trinajstić information content (AvgIpc) is 2.99. The highest BCUT2D eigenvalue weighted by molar-refractivity contribution is 5.50. The Morgan fingerprint density at radius 2 is 1.92 bits per heavy atom. The molecule has 0 amide bonds. The fraction of sp³-hybridized carbons (Fsp3) is 0.474. The minimum atomic E-state index is -0.139. The molecule has 1 saturated heterocycles. The van der Waals surface area contributed by atoms with Crippen LogP contribution in [0.15, 0.2) is 34.7 Å². The van der Waals surface area contributed by atoms with Crippen molar-refractivity contribution in [3.05, 3.63) is 53.2 Å². The molecule has 0 bridgehead atoms. The van der Waals surface area contributed by atoms with Crippen LogP contribution in [-0.4, -0.2) is 38.1 Å². The van der Waals surface area contributed by atoms with E-state index in [0.29, 0.717) is 12.2 Å². The molecule has 0 radical (unpaired) electrons. The van der Waals surface area contributed by atoms with Gasteiger partial charge < -0.3 is 19.5 Å². The number of aryl methyl sites for hydroxylation is 1. The number of hydrogen-bond donors (Lipinski definition) is 1. The lowest BCUT2D eigenvalue weighted by Gasteiger charge is -2.34. The predicted octanol–water partition coefficient (Wildman–Crippen LogP) is 3.33. The third-order valence-corrected chi connectivity index (χ3v) is 4.69. The SMILES string of the molecule is Cc1ccc(CN[C@@H](C)c2ccc(N3CCN(C)CC3)c(F)c2)o1. The Balaban J connectivity index is 1.63. The van der Waals surface area contributed by atoms with Gasteiger partial charge in [-0.2, -0.15) is 0 Å². The highest BCUT2D eigenvalue weighted by atomic mass is 19.1. The van der Waals surface area contributed by atoms with Gasteiger partial charge in [0.25, 0.3) is 0 Å². The molecule has 1 fully saturated rings. The highest BCUT2D eigenvalue weighted by Crippen LogP contribution is 2.24. The minimum absolute atomic E-state index is 0.0615. The number of likely N-dealkylation sites (N-methyl/N-ethyl adjacent to an activating group) is 1. The van der Waals surface area contributed by atoms with Gasteiger partial charge >= 0.3 is 0 Å². The minimum Gasteiger partial charge on any atom is -0.465 e. The van der Waals surface area contributed by atoms with Crippen LogP contribution in [0.1, 0.15) is 30.0 Å². The molecule has 0 saturated carbocycles. The number of anilines is 1. The van der Waals surface area contributed by atoms with E-state index in [2.05, 4.69) is 22.2 Å². The fourth-order valence-electron chi connectivity index (χ4n) is 3.05. The van der Waals surface area contributed by atoms with Crippen LogP contribution < -0.4 is 10.2 Å². The number of nitrogens with zero attached hydrogens (tertiary/aromatic N) is 2. The molecular formula is C19H26FN3O. The number of benzene rings is 1. The average molecular weight is 331 g/mol. The maximum Gasteiger partial charge on any atom is 0.146 e. The Hall–Kier alpha value is -1.85. The van der Waals surface area contributed by atoms with Crippen molar-refractivity contribution in [3.63, 3.8) is 0 Å². The molecule has 1 aliphatic heterocycles. The van der Waals surface area contributed by atoms with Crippen LogP contribution in [0.3, 0.4) is 0 Å². The second-order valence-corrected chi connectivity index (χ2v) is 6.62. The van der Waals surface area contributed by atoms with Crippen LogP contribution in [0, 0.1) is 12.7 Å². The molecule has 0 spiro atoms. The predicted molar refractivity (Wildman–Crippen MR) is 94.8 cm³/mol. The molecule has 1 aliphatic rings. The van der Waals surface area contributed by atoms with Gasteiger partial charge in [-0.3, -0.25) is 0 Å². The topological polar surface area (TPSA) is 31.6 Å². The van der Waals surface area contributed by atoms with Crippen molar-refractivity contribution in [3.8, 4) is 0 Å². The van der Waals surface area contributed by atoms with Crippen LogP contribution in [0.2, 0.25) is 0 Å². The van der Waals surface area contributed by atoms with Gasteiger partial charge in [-0.15, -0.1) is 0 Å². The van der Waals surface area contributed by atoms with E-state index in [-0.39, 0.29) is 11.9 Å². The van der Waals surface area contributed by atoms with Gasteiger partial charge in [0.1, 0.15) is 17.3 Å². The standard InChI is InChI=1S/C19H26FN3O/c1-14-4-6-17(24-14)13-21-15(2)16-5-7-19(18(20)12-16)23-10-8-22(3)9-11-23/h4-7,12,15,21H,8-11,13H2,1-3H3/t15-/m0/s1. The zero-order chi connectivity index (χ0) is 17.1. The lowest BCUT2D eigenvalue weighted by atomic mass is 10.1. The van der Waals surface area contributed by atoms with E-state index in [4.69, 9.17) is 4.42 Å². The molecule has 2 heterocycles. The summed E-state index contributed by atoms with van der Waals surface area (Å²) in [4.78, 5) is 4.40. The monoisotopic (exact) mass is 331 g/mol. The Morgan fingerprint density at radius 1 is 1.17 bits per heavy atom. The summed E-state index contributed by atoms with van der Waals surface area (Å²) >= 11 is 0. The quantitative estimate of drug-likeness (QED) is 0.911. The molecule has 3 rings (SSSR count). The summed E-state index contributed by atoms with van der Waals surface area (Å²) in [5.41, 5.74) is 1.66. The zero-order valence-electron chi connectivity index (χ0n) is 14.7. The van der Waals surface area contributed by atoms with Crippen LogP contribution in [-0.2, 0) is 6.54 Å². The van der Waals surface area contributed by atoms with Crippen molar-refractivity contribution in [2.24, 2.45) is 0 Å². The van der Waals surface area contributed by atoms with Gasteiger partial charge in [-0.05, 0) is 50.7 Å². The summed E-state index contributed by atoms with van der Waals surface area (Å²) < 4.78 is 20.1. The van der Waals surface area contributed by atoms with Crippen LogP contribution in [0.25, 0.3) is 0 Å². The maximum absolute atomic E-state index is 14.6. The normalized spacial score (nSPS) is 17.2. The molecule has 1 aromatic heterocycles. The van der Waals surface area contributed by atoms with E-state index in [0.717, 1.165) is 43.3 Å². The summed E-state index contributed by atoms with van der Waals surface area (Å²) in [7, 11) is 2.10. The second-order valence-electron chi connectivity index (χ2n) is 6.62. The smallest absolute Gasteiger partial charge is 0.146 e. The lowest BCUT2D eigenvalue weighted by molar-refractivity contribution is 0.311. The molecule has 1 N–H and O–H groups in total. The molecule has 0 aliphatic carbocycles. The van der Waals surface area contributed by atoms with Crippen molar-refractivity contribution in [2.75, 3.05) is 38.1 Å². The summed E-state index contributed by atoms with van der Waals surface area (Å²) in [6, 6.07) is 9.55. The van der Waals surface area contributed by atoms with Gasteiger partial charge in [0, 0.05) is 32.2 Å². The molecule has 130 valence electrons. The van der Waals surface area contributed by atoms with Gasteiger partial charge in [0.15, 0.2) is 0 Å². The Bertz CT molecular complexity index is 677. The molecule has 4 nitrogen and oxygen atoms in total. The van der Waals surface area contributed by atoms with Gasteiger partial charge in [-0.1, -0.05) is 6.07 Å². The molecule has 2 aromatic rings. The van der Waals surface area contributed by atoms with Crippen LogP contribution in [0.5, 0.6) is 0 Å². The lowest BCUT2D eigenvalue weighted by Crippen LogP contribution is -2.44. The second kappa shape index (κ2) is 7.36. The molecule has 24 heavy (non-hydrogen) atoms. The Kier molecular flexibility index (Phi) is 5.21. The molecule has 0 unspecified atom stereocenters. The van der Waals surface area contributed by atoms with Gasteiger partial charge in [0.05, 0.1) is 12.2 Å². The first-order valence-electron chi connectivity index (χ1n) is 8.54.